The van der Waals surface area contributed by atoms with Crippen LogP contribution in [0.25, 0.3) is 0 Å². The van der Waals surface area contributed by atoms with Crippen molar-refractivity contribution >= 4 is 29.1 Å². The molecule has 0 saturated carbocycles. The molecule has 2 N–H and O–H groups in total. The van der Waals surface area contributed by atoms with E-state index in [1.165, 1.54) is 0 Å². The summed E-state index contributed by atoms with van der Waals surface area (Å²) in [6.07, 6.45) is 0.609. The highest BCUT2D eigenvalue weighted by atomic mass is 35.5. The topological polar surface area (TPSA) is 82.0 Å². The number of carbonyl (C=O) groups excluding carboxylic acids is 2. The number of nitrogens with one attached hydrogen (secondary N) is 2. The predicted octanol–water partition coefficient (Wildman–Crippen LogP) is 1.24. The van der Waals surface area contributed by atoms with E-state index in [4.69, 9.17) is 16.9 Å². The molecule has 6 heteroatoms. The maximum atomic E-state index is 11.4. The molecule has 0 fully saturated rings. The average molecular weight is 266 g/mol. The molecule has 0 bridgehead atoms. The van der Waals surface area contributed by atoms with Crippen molar-refractivity contribution in [3.8, 4) is 6.07 Å². The standard InChI is InChI=1S/C12H12ClN3O2/c13-6-1-7-15-11(17)12(18)16-10-4-2-9(8-14)3-5-10/h2-5H,1,6-7H2,(H,15,17)(H,16,18). The minimum atomic E-state index is -0.741. The van der Waals surface area contributed by atoms with Gasteiger partial charge in [-0.25, -0.2) is 0 Å². The molecular weight excluding hydrogens is 254 g/mol. The molecule has 0 aliphatic carbocycles. The molecule has 0 saturated heterocycles. The van der Waals surface area contributed by atoms with Crippen LogP contribution in [0.1, 0.15) is 12.0 Å². The lowest BCUT2D eigenvalue weighted by molar-refractivity contribution is -0.136. The van der Waals surface area contributed by atoms with Gasteiger partial charge in [0.05, 0.1) is 11.6 Å². The zero-order valence-electron chi connectivity index (χ0n) is 9.57. The van der Waals surface area contributed by atoms with Crippen LogP contribution < -0.4 is 10.6 Å². The van der Waals surface area contributed by atoms with Crippen molar-refractivity contribution in [2.24, 2.45) is 0 Å². The van der Waals surface area contributed by atoms with Crippen molar-refractivity contribution in [3.63, 3.8) is 0 Å². The van der Waals surface area contributed by atoms with Crippen molar-refractivity contribution in [1.29, 1.82) is 5.26 Å². The number of hydrogen-bond donors (Lipinski definition) is 2. The van der Waals surface area contributed by atoms with Crippen LogP contribution >= 0.6 is 11.6 Å². The smallest absolute Gasteiger partial charge is 0.313 e. The van der Waals surface area contributed by atoms with Gasteiger partial charge in [-0.2, -0.15) is 5.26 Å². The summed E-state index contributed by atoms with van der Waals surface area (Å²) in [5.41, 5.74) is 0.950. The van der Waals surface area contributed by atoms with Crippen molar-refractivity contribution in [1.82, 2.24) is 5.32 Å². The van der Waals surface area contributed by atoms with Gasteiger partial charge in [-0.3, -0.25) is 9.59 Å². The second kappa shape index (κ2) is 7.30. The van der Waals surface area contributed by atoms with Crippen LogP contribution in [0.4, 0.5) is 5.69 Å². The summed E-state index contributed by atoms with van der Waals surface area (Å²) in [5, 5.41) is 13.5. The molecule has 5 nitrogen and oxygen atoms in total. The molecule has 18 heavy (non-hydrogen) atoms. The van der Waals surface area contributed by atoms with E-state index in [9.17, 15) is 9.59 Å². The summed E-state index contributed by atoms with van der Waals surface area (Å²) in [6, 6.07) is 8.19. The largest absolute Gasteiger partial charge is 0.348 e. The normalized spacial score (nSPS) is 9.33. The SMILES string of the molecule is N#Cc1ccc(NC(=O)C(=O)NCCCCl)cc1. The van der Waals surface area contributed by atoms with Crippen molar-refractivity contribution in [2.75, 3.05) is 17.7 Å². The van der Waals surface area contributed by atoms with E-state index in [1.54, 1.807) is 24.3 Å². The first-order chi connectivity index (χ1) is 8.67. The molecule has 0 radical (unpaired) electrons. The minimum Gasteiger partial charge on any atom is -0.348 e. The highest BCUT2D eigenvalue weighted by molar-refractivity contribution is 6.39. The summed E-state index contributed by atoms with van der Waals surface area (Å²) < 4.78 is 0. The monoisotopic (exact) mass is 265 g/mol. The van der Waals surface area contributed by atoms with E-state index in [2.05, 4.69) is 10.6 Å². The van der Waals surface area contributed by atoms with E-state index in [1.807, 2.05) is 6.07 Å². The van der Waals surface area contributed by atoms with Gasteiger partial charge in [-0.1, -0.05) is 0 Å². The van der Waals surface area contributed by atoms with Gasteiger partial charge < -0.3 is 10.6 Å². The van der Waals surface area contributed by atoms with Crippen molar-refractivity contribution < 1.29 is 9.59 Å². The Morgan fingerprint density at radius 3 is 2.44 bits per heavy atom. The summed E-state index contributed by atoms with van der Waals surface area (Å²) in [6.45, 7) is 0.364. The van der Waals surface area contributed by atoms with Gasteiger partial charge in [-0.15, -0.1) is 11.6 Å². The molecule has 0 aliphatic rings. The minimum absolute atomic E-state index is 0.364. The Kier molecular flexibility index (Phi) is 5.68. The number of nitriles is 1. The number of rotatable bonds is 4. The first-order valence-corrected chi connectivity index (χ1v) is 5.86. The van der Waals surface area contributed by atoms with Gasteiger partial charge in [0.15, 0.2) is 0 Å². The predicted molar refractivity (Wildman–Crippen MR) is 68.1 cm³/mol. The van der Waals surface area contributed by atoms with Crippen LogP contribution in [0.15, 0.2) is 24.3 Å². The van der Waals surface area contributed by atoms with E-state index in [0.29, 0.717) is 30.1 Å². The summed E-state index contributed by atoms with van der Waals surface area (Å²) in [7, 11) is 0. The van der Waals surface area contributed by atoms with Crippen LogP contribution in [0.5, 0.6) is 0 Å². The molecule has 0 aliphatic heterocycles. The van der Waals surface area contributed by atoms with Crippen LogP contribution in [0, 0.1) is 11.3 Å². The van der Waals surface area contributed by atoms with Gasteiger partial charge in [0.1, 0.15) is 0 Å². The summed E-state index contributed by atoms with van der Waals surface area (Å²) >= 11 is 5.44. The van der Waals surface area contributed by atoms with Gasteiger partial charge in [-0.05, 0) is 30.7 Å². The highest BCUT2D eigenvalue weighted by Crippen LogP contribution is 2.08. The fraction of sp³-hybridized carbons (Fsp3) is 0.250. The lowest BCUT2D eigenvalue weighted by Crippen LogP contribution is -2.36. The molecule has 0 unspecified atom stereocenters. The Hall–Kier alpha value is -2.06. The number of alkyl halides is 1. The maximum absolute atomic E-state index is 11.4. The Morgan fingerprint density at radius 1 is 1.22 bits per heavy atom. The third-order valence-electron chi connectivity index (χ3n) is 2.07. The van der Waals surface area contributed by atoms with Crippen molar-refractivity contribution in [3.05, 3.63) is 29.8 Å². The highest BCUT2D eigenvalue weighted by Gasteiger charge is 2.12. The zero-order chi connectivity index (χ0) is 13.4. The van der Waals surface area contributed by atoms with Crippen LogP contribution in [-0.2, 0) is 9.59 Å². The second-order valence-electron chi connectivity index (χ2n) is 3.44. The number of halogens is 1. The fourth-order valence-corrected chi connectivity index (χ4v) is 1.30. The fourth-order valence-electron chi connectivity index (χ4n) is 1.16. The lowest BCUT2D eigenvalue weighted by Gasteiger charge is -2.05. The third kappa shape index (κ3) is 4.44. The zero-order valence-corrected chi connectivity index (χ0v) is 10.3. The van der Waals surface area contributed by atoms with Crippen LogP contribution in [-0.4, -0.2) is 24.2 Å². The molecule has 1 aromatic rings. The van der Waals surface area contributed by atoms with E-state index >= 15 is 0 Å². The first kappa shape index (κ1) is 14.0. The molecule has 0 heterocycles. The summed E-state index contributed by atoms with van der Waals surface area (Å²) in [4.78, 5) is 22.8. The van der Waals surface area contributed by atoms with Gasteiger partial charge in [0.25, 0.3) is 0 Å². The van der Waals surface area contributed by atoms with E-state index in [0.717, 1.165) is 0 Å². The first-order valence-electron chi connectivity index (χ1n) is 5.32. The number of anilines is 1. The molecule has 94 valence electrons. The van der Waals surface area contributed by atoms with Gasteiger partial charge in [0, 0.05) is 18.1 Å². The number of nitrogens with zero attached hydrogens (tertiary/aromatic N) is 1. The molecule has 2 amide bonds. The molecular formula is C12H12ClN3O2. The Balaban J connectivity index is 2.48. The number of amides is 2. The van der Waals surface area contributed by atoms with Gasteiger partial charge in [0.2, 0.25) is 0 Å². The molecule has 0 aromatic heterocycles. The quantitative estimate of drug-likeness (QED) is 0.488. The van der Waals surface area contributed by atoms with Gasteiger partial charge >= 0.3 is 11.8 Å². The third-order valence-corrected chi connectivity index (χ3v) is 2.34. The molecule has 0 spiro atoms. The Bertz CT molecular complexity index is 465. The van der Waals surface area contributed by atoms with Crippen LogP contribution in [0.3, 0.4) is 0 Å². The van der Waals surface area contributed by atoms with E-state index < -0.39 is 11.8 Å². The molecule has 0 atom stereocenters. The maximum Gasteiger partial charge on any atom is 0.313 e. The number of carbonyl (C=O) groups is 2. The second-order valence-corrected chi connectivity index (χ2v) is 3.82. The van der Waals surface area contributed by atoms with E-state index in [-0.39, 0.29) is 0 Å². The number of hydrogen-bond acceptors (Lipinski definition) is 3. The molecule has 1 aromatic carbocycles. The molecule has 1 rings (SSSR count). The lowest BCUT2D eigenvalue weighted by atomic mass is 10.2. The Morgan fingerprint density at radius 2 is 1.89 bits per heavy atom. The summed E-state index contributed by atoms with van der Waals surface area (Å²) in [5.74, 6) is -1.02. The van der Waals surface area contributed by atoms with Crippen LogP contribution in [0.2, 0.25) is 0 Å². The Labute approximate surface area is 110 Å². The average Bonchev–Trinajstić information content (AvgIpc) is 2.39. The van der Waals surface area contributed by atoms with Crippen molar-refractivity contribution in [2.45, 2.75) is 6.42 Å². The number of benzene rings is 1.